The highest BCUT2D eigenvalue weighted by Crippen LogP contribution is 2.31. The third kappa shape index (κ3) is 2.00. The molecule has 0 amide bonds. The molecule has 2 aromatic rings. The van der Waals surface area contributed by atoms with Crippen LogP contribution in [0.25, 0.3) is 5.69 Å². The van der Waals surface area contributed by atoms with E-state index in [0.29, 0.717) is 12.0 Å². The molecule has 0 unspecified atom stereocenters. The normalized spacial score (nSPS) is 14.5. The number of rotatable bonds is 1. The Morgan fingerprint density at radius 2 is 1.90 bits per heavy atom. The van der Waals surface area contributed by atoms with E-state index < -0.39 is 11.6 Å². The van der Waals surface area contributed by atoms with Crippen LogP contribution in [0.1, 0.15) is 34.6 Å². The number of ketones is 1. The third-order valence-electron chi connectivity index (χ3n) is 3.64. The molecular weight excluding hydrogens is 328 g/mol. The smallest absolute Gasteiger partial charge is 0.164 e. The lowest BCUT2D eigenvalue weighted by molar-refractivity contribution is 0.0972. The van der Waals surface area contributed by atoms with Gasteiger partial charge in [-0.05, 0) is 47.8 Å². The van der Waals surface area contributed by atoms with Crippen molar-refractivity contribution in [2.24, 2.45) is 0 Å². The van der Waals surface area contributed by atoms with E-state index in [1.165, 1.54) is 6.07 Å². The van der Waals surface area contributed by atoms with Crippen LogP contribution in [-0.4, -0.2) is 10.4 Å². The second-order valence-corrected chi connectivity index (χ2v) is 5.83. The van der Waals surface area contributed by atoms with Crippen LogP contribution in [0, 0.1) is 18.6 Å². The molecule has 0 spiro atoms. The maximum absolute atomic E-state index is 14.1. The molecule has 0 fully saturated rings. The highest BCUT2D eigenvalue weighted by molar-refractivity contribution is 9.10. The van der Waals surface area contributed by atoms with Crippen LogP contribution in [-0.2, 0) is 6.42 Å². The number of aromatic nitrogens is 1. The maximum atomic E-state index is 14.1. The molecule has 1 heterocycles. The Balaban J connectivity index is 2.26. The summed E-state index contributed by atoms with van der Waals surface area (Å²) < 4.78 is 29.3. The number of fused-ring (bicyclic) bond motifs is 1. The van der Waals surface area contributed by atoms with E-state index in [1.54, 1.807) is 10.6 Å². The molecular formula is C15H12BrF2NO. The lowest BCUT2D eigenvalue weighted by atomic mass is 9.96. The molecule has 0 saturated carbocycles. The standard InChI is InChI=1S/C15H12BrF2NO/c1-8-5-9-13(3-2-4-15(9)20)19(8)14-6-10(16)11(17)7-12(14)18/h5-7H,2-4H2,1H3. The summed E-state index contributed by atoms with van der Waals surface area (Å²) >= 11 is 3.08. The Morgan fingerprint density at radius 1 is 1.15 bits per heavy atom. The van der Waals surface area contributed by atoms with Gasteiger partial charge in [-0.2, -0.15) is 0 Å². The van der Waals surface area contributed by atoms with Crippen molar-refractivity contribution >= 4 is 21.7 Å². The summed E-state index contributed by atoms with van der Waals surface area (Å²) in [5, 5.41) is 0. The number of carbonyl (C=O) groups is 1. The zero-order chi connectivity index (χ0) is 14.4. The Morgan fingerprint density at radius 3 is 2.65 bits per heavy atom. The van der Waals surface area contributed by atoms with E-state index in [1.807, 2.05) is 6.92 Å². The highest BCUT2D eigenvalue weighted by atomic mass is 79.9. The lowest BCUT2D eigenvalue weighted by Crippen LogP contribution is -2.13. The van der Waals surface area contributed by atoms with Crippen molar-refractivity contribution in [1.82, 2.24) is 4.57 Å². The minimum Gasteiger partial charge on any atom is -0.315 e. The first-order chi connectivity index (χ1) is 9.49. The molecule has 2 nitrogen and oxygen atoms in total. The average molecular weight is 340 g/mol. The van der Waals surface area contributed by atoms with E-state index in [9.17, 15) is 13.6 Å². The van der Waals surface area contributed by atoms with Gasteiger partial charge >= 0.3 is 0 Å². The number of benzene rings is 1. The molecule has 1 aromatic heterocycles. The van der Waals surface area contributed by atoms with E-state index in [-0.39, 0.29) is 15.9 Å². The summed E-state index contributed by atoms with van der Waals surface area (Å²) in [6, 6.07) is 4.06. The Kier molecular flexibility index (Phi) is 3.24. The quantitative estimate of drug-likeness (QED) is 0.708. The van der Waals surface area contributed by atoms with Crippen LogP contribution in [0.3, 0.4) is 0 Å². The van der Waals surface area contributed by atoms with Crippen LogP contribution in [0.5, 0.6) is 0 Å². The number of hydrogen-bond donors (Lipinski definition) is 0. The van der Waals surface area contributed by atoms with Crippen molar-refractivity contribution in [1.29, 1.82) is 0 Å². The van der Waals surface area contributed by atoms with Crippen LogP contribution in [0.15, 0.2) is 22.7 Å². The van der Waals surface area contributed by atoms with E-state index >= 15 is 0 Å². The van der Waals surface area contributed by atoms with Gasteiger partial charge in [0.1, 0.15) is 11.6 Å². The van der Waals surface area contributed by atoms with Gasteiger partial charge < -0.3 is 4.57 Å². The summed E-state index contributed by atoms with van der Waals surface area (Å²) in [7, 11) is 0. The molecule has 5 heteroatoms. The number of Topliss-reactive ketones (excluding diaryl/α,β-unsaturated/α-hetero) is 1. The molecule has 0 aliphatic heterocycles. The van der Waals surface area contributed by atoms with E-state index in [0.717, 1.165) is 30.3 Å². The van der Waals surface area contributed by atoms with Crippen LogP contribution >= 0.6 is 15.9 Å². The summed E-state index contributed by atoms with van der Waals surface area (Å²) in [6.07, 6.45) is 2.02. The Bertz CT molecular complexity index is 721. The van der Waals surface area contributed by atoms with Crippen LogP contribution in [0.2, 0.25) is 0 Å². The number of halogens is 3. The van der Waals surface area contributed by atoms with Gasteiger partial charge in [-0.15, -0.1) is 0 Å². The minimum absolute atomic E-state index is 0.0923. The molecule has 1 aromatic carbocycles. The lowest BCUT2D eigenvalue weighted by Gasteiger charge is -2.17. The van der Waals surface area contributed by atoms with Crippen molar-refractivity contribution < 1.29 is 13.6 Å². The molecule has 20 heavy (non-hydrogen) atoms. The monoisotopic (exact) mass is 339 g/mol. The van der Waals surface area contributed by atoms with Gasteiger partial charge in [0, 0.05) is 29.4 Å². The van der Waals surface area contributed by atoms with E-state index in [4.69, 9.17) is 0 Å². The summed E-state index contributed by atoms with van der Waals surface area (Å²) in [4.78, 5) is 11.9. The molecule has 0 saturated heterocycles. The van der Waals surface area contributed by atoms with Gasteiger partial charge in [-0.1, -0.05) is 0 Å². The average Bonchev–Trinajstić information content (AvgIpc) is 2.72. The minimum atomic E-state index is -0.638. The molecule has 3 rings (SSSR count). The summed E-state index contributed by atoms with van der Waals surface area (Å²) in [6.45, 7) is 1.82. The number of aryl methyl sites for hydroxylation is 1. The molecule has 104 valence electrons. The molecule has 0 atom stereocenters. The topological polar surface area (TPSA) is 22.0 Å². The van der Waals surface area contributed by atoms with Gasteiger partial charge in [0.15, 0.2) is 5.78 Å². The van der Waals surface area contributed by atoms with Crippen molar-refractivity contribution in [3.8, 4) is 5.69 Å². The zero-order valence-corrected chi connectivity index (χ0v) is 12.4. The Hall–Kier alpha value is -1.49. The summed E-state index contributed by atoms with van der Waals surface area (Å²) in [5.41, 5.74) is 2.53. The van der Waals surface area contributed by atoms with E-state index in [2.05, 4.69) is 15.9 Å². The fraction of sp³-hybridized carbons (Fsp3) is 0.267. The molecule has 0 bridgehead atoms. The first-order valence-electron chi connectivity index (χ1n) is 6.38. The van der Waals surface area contributed by atoms with Crippen molar-refractivity contribution in [2.45, 2.75) is 26.2 Å². The van der Waals surface area contributed by atoms with Crippen LogP contribution < -0.4 is 0 Å². The first kappa shape index (κ1) is 13.5. The maximum Gasteiger partial charge on any atom is 0.164 e. The molecule has 0 radical (unpaired) electrons. The van der Waals surface area contributed by atoms with Gasteiger partial charge in [0.25, 0.3) is 0 Å². The fourth-order valence-electron chi connectivity index (χ4n) is 2.75. The van der Waals surface area contributed by atoms with Gasteiger partial charge in [-0.3, -0.25) is 4.79 Å². The van der Waals surface area contributed by atoms with Crippen molar-refractivity contribution in [2.75, 3.05) is 0 Å². The highest BCUT2D eigenvalue weighted by Gasteiger charge is 2.24. The van der Waals surface area contributed by atoms with Gasteiger partial charge in [0.05, 0.1) is 10.2 Å². The first-order valence-corrected chi connectivity index (χ1v) is 7.17. The largest absolute Gasteiger partial charge is 0.315 e. The molecule has 1 aliphatic rings. The molecule has 0 N–H and O–H groups in total. The second-order valence-electron chi connectivity index (χ2n) is 4.98. The number of nitrogens with zero attached hydrogens (tertiary/aromatic N) is 1. The zero-order valence-electron chi connectivity index (χ0n) is 10.8. The molecule has 1 aliphatic carbocycles. The fourth-order valence-corrected chi connectivity index (χ4v) is 3.08. The predicted molar refractivity (Wildman–Crippen MR) is 75.4 cm³/mol. The van der Waals surface area contributed by atoms with Crippen molar-refractivity contribution in [3.63, 3.8) is 0 Å². The van der Waals surface area contributed by atoms with Gasteiger partial charge in [0.2, 0.25) is 0 Å². The van der Waals surface area contributed by atoms with Crippen LogP contribution in [0.4, 0.5) is 8.78 Å². The van der Waals surface area contributed by atoms with Gasteiger partial charge in [-0.25, -0.2) is 8.78 Å². The third-order valence-corrected chi connectivity index (χ3v) is 4.24. The Labute approximate surface area is 123 Å². The SMILES string of the molecule is Cc1cc2c(n1-c1cc(Br)c(F)cc1F)CCCC2=O. The summed E-state index contributed by atoms with van der Waals surface area (Å²) in [5.74, 6) is -1.18. The van der Waals surface area contributed by atoms with Crippen molar-refractivity contribution in [3.05, 3.63) is 51.3 Å². The number of carbonyl (C=O) groups excluding carboxylic acids is 1. The second kappa shape index (κ2) is 4.81. The number of hydrogen-bond acceptors (Lipinski definition) is 1. The predicted octanol–water partition coefficient (Wildman–Crippen LogP) is 4.35.